The summed E-state index contributed by atoms with van der Waals surface area (Å²) < 4.78 is 10.1. The Balaban J connectivity index is 1.70. The molecule has 0 bridgehead atoms. The van der Waals surface area contributed by atoms with Crippen LogP contribution in [-0.2, 0) is 19.1 Å². The highest BCUT2D eigenvalue weighted by Gasteiger charge is 2.27. The van der Waals surface area contributed by atoms with Gasteiger partial charge in [0.2, 0.25) is 5.91 Å². The number of rotatable bonds is 5. The summed E-state index contributed by atoms with van der Waals surface area (Å²) in [5.74, 6) is -2.14. The highest BCUT2D eigenvalue weighted by Crippen LogP contribution is 2.13. The van der Waals surface area contributed by atoms with Crippen LogP contribution in [-0.4, -0.2) is 48.3 Å². The van der Waals surface area contributed by atoms with Crippen LogP contribution in [0, 0.1) is 0 Å². The molecule has 1 N–H and O–H groups in total. The summed E-state index contributed by atoms with van der Waals surface area (Å²) in [6, 6.07) is 2.98. The monoisotopic (exact) mass is 372 g/mol. The van der Waals surface area contributed by atoms with Crippen LogP contribution in [0.4, 0.5) is 0 Å². The molecular weight excluding hydrogens is 360 g/mol. The standard InChI is InChI=1S/C13H13BrN2O6/c14-9-4-3-8(22-9)13(20)15-6-12(19)21-7-11(18)16-5-1-2-10(16)17/h3-4H,1-2,5-7H2,(H,15,20). The van der Waals surface area contributed by atoms with Gasteiger partial charge in [0.25, 0.3) is 11.8 Å². The van der Waals surface area contributed by atoms with Crippen LogP contribution < -0.4 is 5.32 Å². The van der Waals surface area contributed by atoms with E-state index in [1.807, 2.05) is 0 Å². The van der Waals surface area contributed by atoms with Crippen LogP contribution in [0.25, 0.3) is 0 Å². The van der Waals surface area contributed by atoms with E-state index in [0.29, 0.717) is 24.1 Å². The second kappa shape index (κ2) is 7.21. The van der Waals surface area contributed by atoms with Gasteiger partial charge in [-0.1, -0.05) is 0 Å². The first-order valence-electron chi connectivity index (χ1n) is 6.49. The third-order valence-electron chi connectivity index (χ3n) is 2.92. The van der Waals surface area contributed by atoms with Gasteiger partial charge in [0, 0.05) is 13.0 Å². The van der Waals surface area contributed by atoms with Crippen LogP contribution in [0.2, 0.25) is 0 Å². The predicted molar refractivity (Wildman–Crippen MR) is 75.7 cm³/mol. The molecule has 0 saturated carbocycles. The minimum absolute atomic E-state index is 0.0402. The van der Waals surface area contributed by atoms with E-state index in [1.165, 1.54) is 6.07 Å². The molecule has 0 spiro atoms. The van der Waals surface area contributed by atoms with Crippen LogP contribution in [0.15, 0.2) is 21.2 Å². The second-order valence-electron chi connectivity index (χ2n) is 4.49. The third kappa shape index (κ3) is 4.17. The molecule has 22 heavy (non-hydrogen) atoms. The normalized spacial score (nSPS) is 14.0. The number of carbonyl (C=O) groups excluding carboxylic acids is 4. The quantitative estimate of drug-likeness (QED) is 0.752. The van der Waals surface area contributed by atoms with Gasteiger partial charge in [-0.3, -0.25) is 24.1 Å². The number of imide groups is 1. The van der Waals surface area contributed by atoms with Gasteiger partial charge < -0.3 is 14.5 Å². The molecule has 2 rings (SSSR count). The smallest absolute Gasteiger partial charge is 0.325 e. The SMILES string of the molecule is O=C(CNC(=O)c1ccc(Br)o1)OCC(=O)N1CCCC1=O. The Morgan fingerprint density at radius 1 is 1.36 bits per heavy atom. The molecule has 1 fully saturated rings. The molecule has 8 nitrogen and oxygen atoms in total. The molecule has 1 aromatic rings. The number of hydrogen-bond donors (Lipinski definition) is 1. The van der Waals surface area contributed by atoms with Crippen molar-refractivity contribution in [2.24, 2.45) is 0 Å². The lowest BCUT2D eigenvalue weighted by molar-refractivity contribution is -0.154. The minimum Gasteiger partial charge on any atom is -0.454 e. The first kappa shape index (κ1) is 16.2. The maximum atomic E-state index is 11.6. The molecule has 3 amide bonds. The fraction of sp³-hybridized carbons (Fsp3) is 0.385. The van der Waals surface area contributed by atoms with E-state index in [-0.39, 0.29) is 11.7 Å². The van der Waals surface area contributed by atoms with Gasteiger partial charge in [-0.25, -0.2) is 0 Å². The Kier molecular flexibility index (Phi) is 5.31. The Labute approximate surface area is 133 Å². The molecule has 0 unspecified atom stereocenters. The molecular formula is C13H13BrN2O6. The fourth-order valence-electron chi connectivity index (χ4n) is 1.86. The molecule has 1 aliphatic rings. The van der Waals surface area contributed by atoms with Crippen molar-refractivity contribution in [1.82, 2.24) is 10.2 Å². The van der Waals surface area contributed by atoms with Gasteiger partial charge in [-0.05, 0) is 34.5 Å². The van der Waals surface area contributed by atoms with Gasteiger partial charge in [0.05, 0.1) is 0 Å². The maximum Gasteiger partial charge on any atom is 0.325 e. The van der Waals surface area contributed by atoms with E-state index in [0.717, 1.165) is 4.90 Å². The lowest BCUT2D eigenvalue weighted by Gasteiger charge is -2.13. The lowest BCUT2D eigenvalue weighted by atomic mass is 10.4. The van der Waals surface area contributed by atoms with Crippen molar-refractivity contribution in [1.29, 1.82) is 0 Å². The maximum absolute atomic E-state index is 11.6. The highest BCUT2D eigenvalue weighted by atomic mass is 79.9. The molecule has 2 heterocycles. The summed E-state index contributed by atoms with van der Waals surface area (Å²) in [6.45, 7) is -0.579. The molecule has 0 aromatic carbocycles. The third-order valence-corrected chi connectivity index (χ3v) is 3.35. The van der Waals surface area contributed by atoms with Gasteiger partial charge >= 0.3 is 5.97 Å². The van der Waals surface area contributed by atoms with E-state index < -0.39 is 30.9 Å². The average Bonchev–Trinajstić information content (AvgIpc) is 3.10. The lowest BCUT2D eigenvalue weighted by Crippen LogP contribution is -2.37. The minimum atomic E-state index is -0.779. The van der Waals surface area contributed by atoms with E-state index in [9.17, 15) is 19.2 Å². The van der Waals surface area contributed by atoms with Crippen molar-refractivity contribution < 1.29 is 28.3 Å². The Morgan fingerprint density at radius 2 is 2.14 bits per heavy atom. The van der Waals surface area contributed by atoms with Crippen LogP contribution in [0.1, 0.15) is 23.4 Å². The van der Waals surface area contributed by atoms with Crippen LogP contribution >= 0.6 is 15.9 Å². The van der Waals surface area contributed by atoms with Crippen molar-refractivity contribution in [3.8, 4) is 0 Å². The molecule has 0 radical (unpaired) electrons. The summed E-state index contributed by atoms with van der Waals surface area (Å²) in [4.78, 5) is 47.1. The second-order valence-corrected chi connectivity index (χ2v) is 5.27. The van der Waals surface area contributed by atoms with Crippen molar-refractivity contribution in [2.75, 3.05) is 19.7 Å². The molecule has 1 aliphatic heterocycles. The zero-order chi connectivity index (χ0) is 16.1. The van der Waals surface area contributed by atoms with Gasteiger partial charge in [0.15, 0.2) is 17.0 Å². The van der Waals surface area contributed by atoms with Gasteiger partial charge in [-0.2, -0.15) is 0 Å². The number of esters is 1. The first-order valence-corrected chi connectivity index (χ1v) is 7.29. The van der Waals surface area contributed by atoms with Crippen molar-refractivity contribution in [2.45, 2.75) is 12.8 Å². The number of nitrogens with zero attached hydrogens (tertiary/aromatic N) is 1. The fourth-order valence-corrected chi connectivity index (χ4v) is 2.17. The number of halogens is 1. The number of furan rings is 1. The number of hydrogen-bond acceptors (Lipinski definition) is 6. The van der Waals surface area contributed by atoms with E-state index in [2.05, 4.69) is 21.2 Å². The number of amides is 3. The Bertz CT molecular complexity index is 611. The van der Waals surface area contributed by atoms with Crippen molar-refractivity contribution in [3.05, 3.63) is 22.6 Å². The molecule has 1 aromatic heterocycles. The number of nitrogens with one attached hydrogen (secondary N) is 1. The molecule has 0 atom stereocenters. The average molecular weight is 373 g/mol. The molecule has 0 aliphatic carbocycles. The summed E-state index contributed by atoms with van der Waals surface area (Å²) >= 11 is 3.05. The largest absolute Gasteiger partial charge is 0.454 e. The van der Waals surface area contributed by atoms with Crippen molar-refractivity contribution >= 4 is 39.6 Å². The highest BCUT2D eigenvalue weighted by molar-refractivity contribution is 9.10. The van der Waals surface area contributed by atoms with Crippen molar-refractivity contribution in [3.63, 3.8) is 0 Å². The van der Waals surface area contributed by atoms with E-state index in [4.69, 9.17) is 9.15 Å². The summed E-state index contributed by atoms with van der Waals surface area (Å²) in [5, 5.41) is 2.29. The first-order chi connectivity index (χ1) is 10.5. The number of likely N-dealkylation sites (tertiary alicyclic amines) is 1. The molecule has 9 heteroatoms. The van der Waals surface area contributed by atoms with Crippen LogP contribution in [0.3, 0.4) is 0 Å². The van der Waals surface area contributed by atoms with Gasteiger partial charge in [0.1, 0.15) is 6.54 Å². The van der Waals surface area contributed by atoms with E-state index >= 15 is 0 Å². The van der Waals surface area contributed by atoms with E-state index in [1.54, 1.807) is 6.07 Å². The van der Waals surface area contributed by atoms with Crippen LogP contribution in [0.5, 0.6) is 0 Å². The number of ether oxygens (including phenoxy) is 1. The Morgan fingerprint density at radius 3 is 2.73 bits per heavy atom. The number of carbonyl (C=O) groups is 4. The zero-order valence-electron chi connectivity index (χ0n) is 11.5. The summed E-state index contributed by atoms with van der Waals surface area (Å²) in [7, 11) is 0. The molecule has 118 valence electrons. The summed E-state index contributed by atoms with van der Waals surface area (Å²) in [6.07, 6.45) is 0.946. The Hall–Kier alpha value is -2.16. The zero-order valence-corrected chi connectivity index (χ0v) is 13.1. The summed E-state index contributed by atoms with van der Waals surface area (Å²) in [5.41, 5.74) is 0. The molecule has 1 saturated heterocycles. The predicted octanol–water partition coefficient (Wildman–Crippen LogP) is 0.464. The van der Waals surface area contributed by atoms with Gasteiger partial charge in [-0.15, -0.1) is 0 Å². The topological polar surface area (TPSA) is 106 Å².